The van der Waals surface area contributed by atoms with Crippen LogP contribution >= 0.6 is 11.6 Å². The van der Waals surface area contributed by atoms with Gasteiger partial charge >= 0.3 is 0 Å². The molecular weight excluding hydrogens is 380 g/mol. The van der Waals surface area contributed by atoms with Gasteiger partial charge in [0.15, 0.2) is 0 Å². The molecule has 0 aliphatic carbocycles. The number of likely N-dealkylation sites (tertiary alicyclic amines) is 1. The van der Waals surface area contributed by atoms with Crippen molar-refractivity contribution >= 4 is 29.1 Å². The van der Waals surface area contributed by atoms with E-state index in [-0.39, 0.29) is 24.5 Å². The van der Waals surface area contributed by atoms with Crippen molar-refractivity contribution in [2.75, 3.05) is 26.2 Å². The Morgan fingerprint density at radius 2 is 1.71 bits per heavy atom. The summed E-state index contributed by atoms with van der Waals surface area (Å²) in [4.78, 5) is 26.9. The highest BCUT2D eigenvalue weighted by atomic mass is 35.5. The maximum Gasteiger partial charge on any atom is 0.295 e. The van der Waals surface area contributed by atoms with E-state index in [1.54, 1.807) is 54.6 Å². The molecule has 1 fully saturated rings. The first kappa shape index (κ1) is 20.1. The van der Waals surface area contributed by atoms with Crippen LogP contribution in [0.1, 0.15) is 17.2 Å². The van der Waals surface area contributed by atoms with E-state index in [1.165, 1.54) is 4.90 Å². The van der Waals surface area contributed by atoms with Crippen molar-refractivity contribution in [2.24, 2.45) is 0 Å². The molecule has 1 saturated heterocycles. The molecule has 28 heavy (non-hydrogen) atoms. The summed E-state index contributed by atoms with van der Waals surface area (Å²) in [6.45, 7) is 1.03. The Bertz CT molecular complexity index is 881. The topological polar surface area (TPSA) is 89.9 Å². The Balaban J connectivity index is 2.04. The predicted molar refractivity (Wildman–Crippen MR) is 107 cm³/mol. The number of carbonyl (C=O) groups excluding carboxylic acids is 2. The number of carbonyl (C=O) groups is 2. The molecule has 0 saturated carbocycles. The Labute approximate surface area is 168 Å². The maximum atomic E-state index is 12.8. The number of hydrogen-bond acceptors (Lipinski definition) is 5. The molecular formula is C21H21ClN2O4. The van der Waals surface area contributed by atoms with Crippen LogP contribution in [0.2, 0.25) is 5.02 Å². The first-order valence-corrected chi connectivity index (χ1v) is 9.33. The third-order valence-electron chi connectivity index (χ3n) is 4.59. The molecule has 0 bridgehead atoms. The molecule has 1 heterocycles. The third-order valence-corrected chi connectivity index (χ3v) is 4.84. The zero-order valence-electron chi connectivity index (χ0n) is 15.1. The van der Waals surface area contributed by atoms with Gasteiger partial charge in [0, 0.05) is 30.2 Å². The monoisotopic (exact) mass is 400 g/mol. The number of hydrogen-bond donors (Lipinski definition) is 3. The molecule has 2 aromatic rings. The molecule has 1 aliphatic rings. The molecule has 6 nitrogen and oxygen atoms in total. The average Bonchev–Trinajstić information content (AvgIpc) is 2.97. The van der Waals surface area contributed by atoms with E-state index < -0.39 is 17.7 Å². The van der Waals surface area contributed by atoms with Gasteiger partial charge in [-0.3, -0.25) is 9.59 Å². The average molecular weight is 401 g/mol. The first-order valence-electron chi connectivity index (χ1n) is 8.95. The van der Waals surface area contributed by atoms with Crippen molar-refractivity contribution in [3.8, 4) is 0 Å². The quantitative estimate of drug-likeness (QED) is 0.287. The van der Waals surface area contributed by atoms with Crippen LogP contribution in [0.5, 0.6) is 0 Å². The third kappa shape index (κ3) is 4.09. The van der Waals surface area contributed by atoms with Crippen LogP contribution in [0.15, 0.2) is 60.2 Å². The van der Waals surface area contributed by atoms with Gasteiger partial charge < -0.3 is 20.4 Å². The molecule has 2 aromatic carbocycles. The molecule has 7 heteroatoms. The second-order valence-electron chi connectivity index (χ2n) is 6.38. The lowest BCUT2D eigenvalue weighted by Crippen LogP contribution is -2.36. The molecule has 1 unspecified atom stereocenters. The van der Waals surface area contributed by atoms with E-state index in [4.69, 9.17) is 16.7 Å². The van der Waals surface area contributed by atoms with Crippen LogP contribution in [-0.2, 0) is 9.59 Å². The molecule has 3 N–H and O–H groups in total. The number of halogens is 1. The highest BCUT2D eigenvalue weighted by Gasteiger charge is 2.45. The first-order chi connectivity index (χ1) is 13.5. The lowest BCUT2D eigenvalue weighted by atomic mass is 9.95. The van der Waals surface area contributed by atoms with Gasteiger partial charge in [-0.2, -0.15) is 0 Å². The smallest absolute Gasteiger partial charge is 0.295 e. The Hall–Kier alpha value is -2.67. The van der Waals surface area contributed by atoms with E-state index in [0.717, 1.165) is 0 Å². The summed E-state index contributed by atoms with van der Waals surface area (Å²) >= 11 is 5.98. The lowest BCUT2D eigenvalue weighted by molar-refractivity contribution is -0.139. The van der Waals surface area contributed by atoms with Crippen LogP contribution in [0.4, 0.5) is 0 Å². The lowest BCUT2D eigenvalue weighted by Gasteiger charge is -2.25. The SMILES string of the molecule is O=C1C(=O)N(CCNCCO)C(c2ccc(Cl)cc2)/C1=C(\O)c1ccccc1. The summed E-state index contributed by atoms with van der Waals surface area (Å²) in [5.41, 5.74) is 1.21. The normalized spacial score (nSPS) is 18.6. The minimum Gasteiger partial charge on any atom is -0.507 e. The second-order valence-corrected chi connectivity index (χ2v) is 6.82. The summed E-state index contributed by atoms with van der Waals surface area (Å²) in [5.74, 6) is -1.59. The fraction of sp³-hybridized carbons (Fsp3) is 0.238. The fourth-order valence-corrected chi connectivity index (χ4v) is 3.38. The highest BCUT2D eigenvalue weighted by molar-refractivity contribution is 6.46. The number of amides is 1. The summed E-state index contributed by atoms with van der Waals surface area (Å²) in [7, 11) is 0. The molecule has 0 radical (unpaired) electrons. The van der Waals surface area contributed by atoms with Gasteiger partial charge in [0.2, 0.25) is 0 Å². The zero-order valence-corrected chi connectivity index (χ0v) is 15.9. The van der Waals surface area contributed by atoms with Crippen molar-refractivity contribution < 1.29 is 19.8 Å². The molecule has 0 spiro atoms. The van der Waals surface area contributed by atoms with Crippen molar-refractivity contribution in [1.29, 1.82) is 0 Å². The number of nitrogens with zero attached hydrogens (tertiary/aromatic N) is 1. The summed E-state index contributed by atoms with van der Waals surface area (Å²) < 4.78 is 0. The zero-order chi connectivity index (χ0) is 20.1. The predicted octanol–water partition coefficient (Wildman–Crippen LogP) is 2.34. The van der Waals surface area contributed by atoms with E-state index in [0.29, 0.717) is 29.2 Å². The fourth-order valence-electron chi connectivity index (χ4n) is 3.26. The second kappa shape index (κ2) is 9.01. The Morgan fingerprint density at radius 1 is 1.04 bits per heavy atom. The molecule has 0 aromatic heterocycles. The number of rotatable bonds is 7. The van der Waals surface area contributed by atoms with E-state index in [2.05, 4.69) is 5.32 Å². The van der Waals surface area contributed by atoms with Crippen LogP contribution in [0, 0.1) is 0 Å². The molecule has 146 valence electrons. The minimum absolute atomic E-state index is 0.0204. The van der Waals surface area contributed by atoms with E-state index >= 15 is 0 Å². The Morgan fingerprint density at radius 3 is 2.36 bits per heavy atom. The summed E-state index contributed by atoms with van der Waals surface area (Å²) in [5, 5.41) is 23.3. The number of Topliss-reactive ketones (excluding diaryl/α,β-unsaturated/α-hetero) is 1. The van der Waals surface area contributed by atoms with Crippen LogP contribution < -0.4 is 5.32 Å². The van der Waals surface area contributed by atoms with Gasteiger partial charge in [-0.05, 0) is 17.7 Å². The van der Waals surface area contributed by atoms with Crippen molar-refractivity contribution in [1.82, 2.24) is 10.2 Å². The molecule has 3 rings (SSSR count). The number of benzene rings is 2. The molecule has 1 aliphatic heterocycles. The number of ketones is 1. The number of nitrogens with one attached hydrogen (secondary N) is 1. The van der Waals surface area contributed by atoms with Crippen LogP contribution in [0.25, 0.3) is 5.76 Å². The Kier molecular flexibility index (Phi) is 6.46. The largest absolute Gasteiger partial charge is 0.507 e. The van der Waals surface area contributed by atoms with Gasteiger partial charge in [-0.15, -0.1) is 0 Å². The maximum absolute atomic E-state index is 12.8. The molecule has 1 atom stereocenters. The summed E-state index contributed by atoms with van der Waals surface area (Å²) in [6, 6.07) is 14.8. The van der Waals surface area contributed by atoms with Gasteiger partial charge in [0.05, 0.1) is 18.2 Å². The van der Waals surface area contributed by atoms with Crippen LogP contribution in [-0.4, -0.2) is 53.0 Å². The number of aliphatic hydroxyl groups excluding tert-OH is 2. The van der Waals surface area contributed by atoms with Gasteiger partial charge in [0.1, 0.15) is 5.76 Å². The molecule has 1 amide bonds. The van der Waals surface area contributed by atoms with Gasteiger partial charge in [0.25, 0.3) is 11.7 Å². The van der Waals surface area contributed by atoms with Gasteiger partial charge in [-0.25, -0.2) is 0 Å². The van der Waals surface area contributed by atoms with Gasteiger partial charge in [-0.1, -0.05) is 54.1 Å². The standard InChI is InChI=1S/C21H21ClN2O4/c22-16-8-6-14(7-9-16)18-17(19(26)15-4-2-1-3-5-15)20(27)21(28)24(18)12-10-23-11-13-25/h1-9,18,23,25-26H,10-13H2/b19-17+. The van der Waals surface area contributed by atoms with E-state index in [1.807, 2.05) is 0 Å². The van der Waals surface area contributed by atoms with Crippen molar-refractivity contribution in [3.63, 3.8) is 0 Å². The number of aliphatic hydroxyl groups is 2. The minimum atomic E-state index is -0.719. The van der Waals surface area contributed by atoms with E-state index in [9.17, 15) is 14.7 Å². The highest BCUT2D eigenvalue weighted by Crippen LogP contribution is 2.39. The summed E-state index contributed by atoms with van der Waals surface area (Å²) in [6.07, 6.45) is 0. The van der Waals surface area contributed by atoms with Crippen molar-refractivity contribution in [2.45, 2.75) is 6.04 Å². The van der Waals surface area contributed by atoms with Crippen LogP contribution in [0.3, 0.4) is 0 Å². The van der Waals surface area contributed by atoms with Crippen molar-refractivity contribution in [3.05, 3.63) is 76.3 Å².